The van der Waals surface area contributed by atoms with Crippen LogP contribution in [0.5, 0.6) is 0 Å². The van der Waals surface area contributed by atoms with E-state index in [1.54, 1.807) is 37.2 Å². The molecule has 27 heavy (non-hydrogen) atoms. The molecule has 1 saturated heterocycles. The van der Waals surface area contributed by atoms with Crippen molar-refractivity contribution in [3.63, 3.8) is 0 Å². The van der Waals surface area contributed by atoms with E-state index in [1.165, 1.54) is 16.8 Å². The molecule has 3 rings (SSSR count). The van der Waals surface area contributed by atoms with Gasteiger partial charge in [-0.25, -0.2) is 8.42 Å². The number of hydrogen-bond donors (Lipinski definition) is 1. The summed E-state index contributed by atoms with van der Waals surface area (Å²) in [4.78, 5) is 14.7. The number of likely N-dealkylation sites (N-methyl/N-ethyl adjacent to an activating group) is 1. The van der Waals surface area contributed by atoms with Crippen LogP contribution < -0.4 is 5.32 Å². The summed E-state index contributed by atoms with van der Waals surface area (Å²) in [6.07, 6.45) is 6.06. The van der Waals surface area contributed by atoms with Gasteiger partial charge in [-0.15, -0.1) is 12.4 Å². The molecule has 8 heteroatoms. The van der Waals surface area contributed by atoms with Gasteiger partial charge in [-0.3, -0.25) is 4.79 Å². The van der Waals surface area contributed by atoms with Crippen molar-refractivity contribution >= 4 is 28.3 Å². The summed E-state index contributed by atoms with van der Waals surface area (Å²) >= 11 is 0. The van der Waals surface area contributed by atoms with Crippen molar-refractivity contribution in [1.29, 1.82) is 0 Å². The van der Waals surface area contributed by atoms with Gasteiger partial charge in [0.05, 0.1) is 4.90 Å². The van der Waals surface area contributed by atoms with Crippen molar-refractivity contribution < 1.29 is 13.2 Å². The molecule has 1 N–H and O–H groups in total. The molecule has 0 bridgehead atoms. The molecular weight excluding hydrogens is 386 g/mol. The molecule has 1 aliphatic heterocycles. The Kier molecular flexibility index (Phi) is 7.68. The summed E-state index contributed by atoms with van der Waals surface area (Å²) < 4.78 is 27.5. The minimum absolute atomic E-state index is 0. The molecule has 152 valence electrons. The van der Waals surface area contributed by atoms with Gasteiger partial charge in [0.25, 0.3) is 5.91 Å². The maximum absolute atomic E-state index is 13.0. The van der Waals surface area contributed by atoms with E-state index in [4.69, 9.17) is 0 Å². The summed E-state index contributed by atoms with van der Waals surface area (Å²) in [6.45, 7) is 1.69. The smallest absolute Gasteiger partial charge is 0.253 e. The first kappa shape index (κ1) is 22.1. The first-order chi connectivity index (χ1) is 12.4. The van der Waals surface area contributed by atoms with Crippen LogP contribution in [0, 0.1) is 0 Å². The number of sulfonamides is 1. The minimum Gasteiger partial charge on any atom is -0.337 e. The van der Waals surface area contributed by atoms with Crippen LogP contribution in [0.2, 0.25) is 0 Å². The molecule has 2 aliphatic rings. The number of carbonyl (C=O) groups is 1. The summed E-state index contributed by atoms with van der Waals surface area (Å²) in [6, 6.07) is 6.68. The zero-order valence-corrected chi connectivity index (χ0v) is 17.7. The SMILES string of the molecule is CN(C(=O)c1cccc(S(=O)(=O)N(C)C2CCCCC2)c1)C1CCNC1.Cl. The normalized spacial score (nSPS) is 21.1. The fourth-order valence-corrected chi connectivity index (χ4v) is 5.40. The second kappa shape index (κ2) is 9.37. The van der Waals surface area contributed by atoms with E-state index < -0.39 is 10.0 Å². The van der Waals surface area contributed by atoms with Crippen LogP contribution in [0.15, 0.2) is 29.2 Å². The third-order valence-electron chi connectivity index (χ3n) is 5.75. The monoisotopic (exact) mass is 415 g/mol. The zero-order chi connectivity index (χ0) is 18.7. The summed E-state index contributed by atoms with van der Waals surface area (Å²) in [5, 5.41) is 3.25. The van der Waals surface area contributed by atoms with E-state index in [1.807, 2.05) is 0 Å². The number of benzene rings is 1. The maximum Gasteiger partial charge on any atom is 0.253 e. The predicted octanol–water partition coefficient (Wildman–Crippen LogP) is 2.50. The van der Waals surface area contributed by atoms with E-state index in [-0.39, 0.29) is 35.3 Å². The van der Waals surface area contributed by atoms with Gasteiger partial charge in [0.2, 0.25) is 10.0 Å². The van der Waals surface area contributed by atoms with E-state index >= 15 is 0 Å². The molecule has 2 fully saturated rings. The van der Waals surface area contributed by atoms with Crippen LogP contribution in [-0.4, -0.2) is 62.8 Å². The van der Waals surface area contributed by atoms with E-state index in [0.717, 1.165) is 45.2 Å². The van der Waals surface area contributed by atoms with Crippen LogP contribution in [0.3, 0.4) is 0 Å². The lowest BCUT2D eigenvalue weighted by molar-refractivity contribution is 0.0743. The fraction of sp³-hybridized carbons (Fsp3) is 0.632. The lowest BCUT2D eigenvalue weighted by atomic mass is 9.96. The van der Waals surface area contributed by atoms with Crippen LogP contribution >= 0.6 is 12.4 Å². The molecule has 1 atom stereocenters. The van der Waals surface area contributed by atoms with Crippen LogP contribution in [0.1, 0.15) is 48.9 Å². The topological polar surface area (TPSA) is 69.7 Å². The molecule has 1 aromatic rings. The van der Waals surface area contributed by atoms with Gasteiger partial charge < -0.3 is 10.2 Å². The molecule has 1 unspecified atom stereocenters. The molecule has 1 aromatic carbocycles. The number of amides is 1. The van der Waals surface area contributed by atoms with Gasteiger partial charge >= 0.3 is 0 Å². The van der Waals surface area contributed by atoms with E-state index in [9.17, 15) is 13.2 Å². The molecule has 6 nitrogen and oxygen atoms in total. The molecule has 0 spiro atoms. The predicted molar refractivity (Wildman–Crippen MR) is 109 cm³/mol. The number of hydrogen-bond acceptors (Lipinski definition) is 4. The van der Waals surface area contributed by atoms with Crippen molar-refractivity contribution in [2.45, 2.75) is 55.5 Å². The summed E-state index contributed by atoms with van der Waals surface area (Å²) in [7, 11) is -0.139. The Balaban J connectivity index is 0.00000261. The highest BCUT2D eigenvalue weighted by molar-refractivity contribution is 7.89. The van der Waals surface area contributed by atoms with Gasteiger partial charge in [0, 0.05) is 38.3 Å². The Morgan fingerprint density at radius 1 is 1.07 bits per heavy atom. The minimum atomic E-state index is -3.59. The molecule has 1 aliphatic carbocycles. The highest BCUT2D eigenvalue weighted by Gasteiger charge is 2.30. The van der Waals surface area contributed by atoms with Gasteiger partial charge in [-0.05, 0) is 44.0 Å². The molecule has 0 radical (unpaired) electrons. The van der Waals surface area contributed by atoms with Crippen molar-refractivity contribution in [2.24, 2.45) is 0 Å². The number of rotatable bonds is 5. The van der Waals surface area contributed by atoms with Gasteiger partial charge in [-0.1, -0.05) is 25.3 Å². The number of halogens is 1. The average Bonchev–Trinajstić information content (AvgIpc) is 3.21. The first-order valence-corrected chi connectivity index (χ1v) is 10.9. The first-order valence-electron chi connectivity index (χ1n) is 9.47. The summed E-state index contributed by atoms with van der Waals surface area (Å²) in [5.41, 5.74) is 0.428. The van der Waals surface area contributed by atoms with Crippen molar-refractivity contribution in [2.75, 3.05) is 27.2 Å². The highest BCUT2D eigenvalue weighted by Crippen LogP contribution is 2.27. The lowest BCUT2D eigenvalue weighted by Gasteiger charge is -2.30. The summed E-state index contributed by atoms with van der Waals surface area (Å²) in [5.74, 6) is -0.129. The van der Waals surface area contributed by atoms with Gasteiger partial charge in [-0.2, -0.15) is 4.31 Å². The Bertz CT molecular complexity index is 744. The molecular formula is C19H30ClN3O3S. The van der Waals surface area contributed by atoms with Crippen LogP contribution in [0.25, 0.3) is 0 Å². The van der Waals surface area contributed by atoms with Gasteiger partial charge in [0.1, 0.15) is 0 Å². The number of nitrogens with zero attached hydrogens (tertiary/aromatic N) is 2. The third-order valence-corrected chi connectivity index (χ3v) is 7.66. The molecule has 1 heterocycles. The fourth-order valence-electron chi connectivity index (χ4n) is 3.94. The largest absolute Gasteiger partial charge is 0.337 e. The van der Waals surface area contributed by atoms with Crippen molar-refractivity contribution in [3.8, 4) is 0 Å². The zero-order valence-electron chi connectivity index (χ0n) is 16.1. The Morgan fingerprint density at radius 2 is 1.78 bits per heavy atom. The number of carbonyl (C=O) groups excluding carboxylic acids is 1. The maximum atomic E-state index is 13.0. The molecule has 1 amide bonds. The molecule has 1 saturated carbocycles. The van der Waals surface area contributed by atoms with Crippen LogP contribution in [-0.2, 0) is 10.0 Å². The Labute approximate surface area is 168 Å². The quantitative estimate of drug-likeness (QED) is 0.802. The lowest BCUT2D eigenvalue weighted by Crippen LogP contribution is -2.39. The third kappa shape index (κ3) is 4.83. The van der Waals surface area contributed by atoms with Crippen molar-refractivity contribution in [3.05, 3.63) is 29.8 Å². The Morgan fingerprint density at radius 3 is 2.41 bits per heavy atom. The van der Waals surface area contributed by atoms with E-state index in [0.29, 0.717) is 5.56 Å². The van der Waals surface area contributed by atoms with E-state index in [2.05, 4.69) is 5.32 Å². The molecule has 0 aromatic heterocycles. The van der Waals surface area contributed by atoms with Crippen molar-refractivity contribution in [1.82, 2.24) is 14.5 Å². The average molecular weight is 416 g/mol. The van der Waals surface area contributed by atoms with Gasteiger partial charge in [0.15, 0.2) is 0 Å². The number of nitrogens with one attached hydrogen (secondary N) is 1. The highest BCUT2D eigenvalue weighted by atomic mass is 35.5. The standard InChI is InChI=1S/C19H29N3O3S.ClH/c1-21(17-11-12-20-14-17)19(23)15-7-6-10-18(13-15)26(24,25)22(2)16-8-4-3-5-9-16;/h6-7,10,13,16-17,20H,3-5,8-9,11-12,14H2,1-2H3;1H. The van der Waals surface area contributed by atoms with Crippen LogP contribution in [0.4, 0.5) is 0 Å². The Hall–Kier alpha value is -1.15. The second-order valence-corrected chi connectivity index (χ2v) is 9.40. The second-order valence-electron chi connectivity index (χ2n) is 7.40.